The number of non-ortho nitro benzene ring substituents is 1. The number of nitro benzene ring substituents is 2. The van der Waals surface area contributed by atoms with E-state index in [9.17, 15) is 25.0 Å². The Morgan fingerprint density at radius 2 is 1.88 bits per heavy atom. The highest BCUT2D eigenvalue weighted by molar-refractivity contribution is 5.70. The summed E-state index contributed by atoms with van der Waals surface area (Å²) in [5, 5.41) is 20.9. The quantitative estimate of drug-likeness (QED) is 0.602. The highest BCUT2D eigenvalue weighted by Crippen LogP contribution is 2.30. The number of nitrogens with two attached hydrogens (primary N) is 1. The molecule has 0 spiro atoms. The lowest BCUT2D eigenvalue weighted by atomic mass is 10.2. The van der Waals surface area contributed by atoms with Gasteiger partial charge in [-0.25, -0.2) is 4.79 Å². The molecule has 9 heteroatoms. The number of ether oxygens (including phenoxy) is 1. The van der Waals surface area contributed by atoms with Crippen molar-refractivity contribution in [2.75, 3.05) is 0 Å². The average Bonchev–Trinajstić information content (AvgIpc) is 2.16. The van der Waals surface area contributed by atoms with Crippen LogP contribution in [0.3, 0.4) is 0 Å². The number of hydrogen-bond acceptors (Lipinski definition) is 6. The van der Waals surface area contributed by atoms with Gasteiger partial charge < -0.3 is 10.5 Å². The molecule has 0 aliphatic rings. The van der Waals surface area contributed by atoms with E-state index in [1.165, 1.54) is 0 Å². The SMILES string of the molecule is NC(=O)Oc1ccc([N+](=O)[O-])cc1[N+](=O)[O-]. The Balaban J connectivity index is 3.24. The Hall–Kier alpha value is -2.71. The smallest absolute Gasteiger partial charge is 0.403 e. The molecule has 0 radical (unpaired) electrons. The molecule has 0 aromatic heterocycles. The van der Waals surface area contributed by atoms with Crippen molar-refractivity contribution in [2.45, 2.75) is 0 Å². The molecule has 16 heavy (non-hydrogen) atoms. The molecular formula is C7H5N3O6. The third kappa shape index (κ3) is 2.41. The minimum atomic E-state index is -1.24. The number of benzene rings is 1. The van der Waals surface area contributed by atoms with E-state index in [1.807, 2.05) is 0 Å². The molecule has 0 fully saturated rings. The zero-order chi connectivity index (χ0) is 12.3. The van der Waals surface area contributed by atoms with Crippen molar-refractivity contribution in [3.05, 3.63) is 38.4 Å². The number of hydrogen-bond donors (Lipinski definition) is 1. The van der Waals surface area contributed by atoms with Crippen LogP contribution in [0, 0.1) is 20.2 Å². The van der Waals surface area contributed by atoms with Crippen LogP contribution in [0.25, 0.3) is 0 Å². The van der Waals surface area contributed by atoms with Crippen molar-refractivity contribution >= 4 is 17.5 Å². The Kier molecular flexibility index (Phi) is 2.99. The summed E-state index contributed by atoms with van der Waals surface area (Å²) in [5.41, 5.74) is 3.49. The third-order valence-corrected chi connectivity index (χ3v) is 1.56. The van der Waals surface area contributed by atoms with Gasteiger partial charge in [-0.1, -0.05) is 0 Å². The minimum absolute atomic E-state index is 0.442. The fourth-order valence-corrected chi connectivity index (χ4v) is 0.957. The van der Waals surface area contributed by atoms with E-state index in [1.54, 1.807) is 0 Å². The van der Waals surface area contributed by atoms with E-state index >= 15 is 0 Å². The summed E-state index contributed by atoms with van der Waals surface area (Å²) in [6.07, 6.45) is -1.24. The highest BCUT2D eigenvalue weighted by Gasteiger charge is 2.21. The second-order valence-corrected chi connectivity index (χ2v) is 2.59. The summed E-state index contributed by atoms with van der Waals surface area (Å²) >= 11 is 0. The monoisotopic (exact) mass is 227 g/mol. The van der Waals surface area contributed by atoms with Gasteiger partial charge in [0.25, 0.3) is 5.69 Å². The molecule has 1 rings (SSSR count). The number of carbonyl (C=O) groups excluding carboxylic acids is 1. The van der Waals surface area contributed by atoms with Gasteiger partial charge in [0.05, 0.1) is 15.9 Å². The lowest BCUT2D eigenvalue weighted by molar-refractivity contribution is -0.394. The molecule has 1 aromatic carbocycles. The second-order valence-electron chi connectivity index (χ2n) is 2.59. The molecule has 0 aliphatic carbocycles. The van der Waals surface area contributed by atoms with Crippen molar-refractivity contribution < 1.29 is 19.4 Å². The predicted molar refractivity (Wildman–Crippen MR) is 50.0 cm³/mol. The molecule has 0 saturated carbocycles. The van der Waals surface area contributed by atoms with E-state index in [-0.39, 0.29) is 0 Å². The first kappa shape index (κ1) is 11.4. The van der Waals surface area contributed by atoms with Crippen molar-refractivity contribution in [3.63, 3.8) is 0 Å². The van der Waals surface area contributed by atoms with Crippen LogP contribution in [0.5, 0.6) is 5.75 Å². The molecule has 0 aliphatic heterocycles. The second kappa shape index (κ2) is 4.21. The van der Waals surface area contributed by atoms with Crippen LogP contribution in [-0.4, -0.2) is 15.9 Å². The Labute approximate surface area is 87.7 Å². The maximum Gasteiger partial charge on any atom is 0.410 e. The maximum atomic E-state index is 10.5. The predicted octanol–water partition coefficient (Wildman–Crippen LogP) is 0.961. The van der Waals surface area contributed by atoms with Gasteiger partial charge in [0.2, 0.25) is 5.75 Å². The first-order valence-corrected chi connectivity index (χ1v) is 3.82. The average molecular weight is 227 g/mol. The Morgan fingerprint density at radius 3 is 2.31 bits per heavy atom. The summed E-state index contributed by atoms with van der Waals surface area (Å²) in [4.78, 5) is 29.6. The van der Waals surface area contributed by atoms with Gasteiger partial charge in [-0.2, -0.15) is 0 Å². The van der Waals surface area contributed by atoms with Crippen molar-refractivity contribution in [1.29, 1.82) is 0 Å². The molecule has 2 N–H and O–H groups in total. The summed E-state index contributed by atoms with van der Waals surface area (Å²) in [5.74, 6) is -0.442. The van der Waals surface area contributed by atoms with E-state index in [2.05, 4.69) is 10.5 Å². The number of primary amides is 1. The van der Waals surface area contributed by atoms with E-state index < -0.39 is 33.1 Å². The van der Waals surface area contributed by atoms with E-state index in [0.29, 0.717) is 6.07 Å². The lowest BCUT2D eigenvalue weighted by Crippen LogP contribution is -2.17. The van der Waals surface area contributed by atoms with Gasteiger partial charge in [-0.3, -0.25) is 20.2 Å². The number of nitrogens with zero attached hydrogens (tertiary/aromatic N) is 2. The van der Waals surface area contributed by atoms with Gasteiger partial charge >= 0.3 is 11.8 Å². The zero-order valence-electron chi connectivity index (χ0n) is 7.65. The molecule has 0 heterocycles. The standard InChI is InChI=1S/C7H5N3O6/c8-7(11)16-6-2-1-4(9(12)13)3-5(6)10(14)15/h1-3H,(H2,8,11). The van der Waals surface area contributed by atoms with Gasteiger partial charge in [-0.05, 0) is 6.07 Å². The molecule has 84 valence electrons. The van der Waals surface area contributed by atoms with Crippen LogP contribution < -0.4 is 10.5 Å². The summed E-state index contributed by atoms with van der Waals surface area (Å²) < 4.78 is 4.32. The third-order valence-electron chi connectivity index (χ3n) is 1.56. The Morgan fingerprint density at radius 1 is 1.25 bits per heavy atom. The van der Waals surface area contributed by atoms with Gasteiger partial charge in [0.15, 0.2) is 0 Å². The van der Waals surface area contributed by atoms with Gasteiger partial charge in [0, 0.05) is 6.07 Å². The zero-order valence-corrected chi connectivity index (χ0v) is 7.65. The molecular weight excluding hydrogens is 222 g/mol. The van der Waals surface area contributed by atoms with Crippen LogP contribution in [0.15, 0.2) is 18.2 Å². The van der Waals surface area contributed by atoms with Crippen LogP contribution in [0.1, 0.15) is 0 Å². The fraction of sp³-hybridized carbons (Fsp3) is 0. The fourth-order valence-electron chi connectivity index (χ4n) is 0.957. The van der Waals surface area contributed by atoms with Gasteiger partial charge in [0.1, 0.15) is 0 Å². The molecule has 0 unspecified atom stereocenters. The molecule has 0 atom stereocenters. The van der Waals surface area contributed by atoms with Crippen LogP contribution in [0.4, 0.5) is 16.2 Å². The summed E-state index contributed by atoms with van der Waals surface area (Å²) in [6.45, 7) is 0. The molecule has 0 saturated heterocycles. The van der Waals surface area contributed by atoms with E-state index in [0.717, 1.165) is 12.1 Å². The molecule has 1 amide bonds. The summed E-state index contributed by atoms with van der Waals surface area (Å²) in [7, 11) is 0. The number of amides is 1. The molecule has 0 bridgehead atoms. The number of nitro groups is 2. The van der Waals surface area contributed by atoms with E-state index in [4.69, 9.17) is 0 Å². The van der Waals surface area contributed by atoms with Crippen molar-refractivity contribution in [3.8, 4) is 5.75 Å². The van der Waals surface area contributed by atoms with Gasteiger partial charge in [-0.15, -0.1) is 0 Å². The summed E-state index contributed by atoms with van der Waals surface area (Å²) in [6, 6.07) is 2.57. The van der Waals surface area contributed by atoms with Crippen LogP contribution in [0.2, 0.25) is 0 Å². The number of rotatable bonds is 3. The lowest BCUT2D eigenvalue weighted by Gasteiger charge is -2.01. The normalized spacial score (nSPS) is 9.50. The largest absolute Gasteiger partial charge is 0.410 e. The minimum Gasteiger partial charge on any atom is -0.403 e. The van der Waals surface area contributed by atoms with Crippen LogP contribution in [-0.2, 0) is 0 Å². The van der Waals surface area contributed by atoms with Crippen molar-refractivity contribution in [2.24, 2.45) is 5.73 Å². The number of carbonyl (C=O) groups is 1. The van der Waals surface area contributed by atoms with Crippen LogP contribution >= 0.6 is 0 Å². The first-order chi connectivity index (χ1) is 7.41. The molecule has 1 aromatic rings. The Bertz CT molecular complexity index is 471. The molecule has 9 nitrogen and oxygen atoms in total. The van der Waals surface area contributed by atoms with Crippen molar-refractivity contribution in [1.82, 2.24) is 0 Å². The first-order valence-electron chi connectivity index (χ1n) is 3.82. The highest BCUT2D eigenvalue weighted by atomic mass is 16.6. The maximum absolute atomic E-state index is 10.5. The topological polar surface area (TPSA) is 139 Å².